The van der Waals surface area contributed by atoms with Gasteiger partial charge < -0.3 is 15.4 Å². The van der Waals surface area contributed by atoms with Gasteiger partial charge in [-0.1, -0.05) is 12.1 Å². The number of carbonyl (C=O) groups is 1. The van der Waals surface area contributed by atoms with Crippen molar-refractivity contribution in [3.8, 4) is 0 Å². The number of carbonyl (C=O) groups excluding carboxylic acids is 1. The van der Waals surface area contributed by atoms with E-state index >= 15 is 0 Å². The SMILES string of the molecule is COC1(CNC(=O)Nc2ccccc2F)CCSC1. The maximum atomic E-state index is 13.4. The molecule has 2 amide bonds. The third-order valence-corrected chi connectivity index (χ3v) is 4.42. The highest BCUT2D eigenvalue weighted by atomic mass is 32.2. The minimum Gasteiger partial charge on any atom is -0.376 e. The molecule has 2 N–H and O–H groups in total. The van der Waals surface area contributed by atoms with Crippen LogP contribution >= 0.6 is 11.8 Å². The summed E-state index contributed by atoms with van der Waals surface area (Å²) in [7, 11) is 1.66. The number of amides is 2. The molecule has 1 saturated heterocycles. The highest BCUT2D eigenvalue weighted by molar-refractivity contribution is 7.99. The number of rotatable bonds is 4. The number of ether oxygens (including phenoxy) is 1. The van der Waals surface area contributed by atoms with Crippen molar-refractivity contribution in [3.63, 3.8) is 0 Å². The Hall–Kier alpha value is -1.27. The van der Waals surface area contributed by atoms with Gasteiger partial charge in [0, 0.05) is 19.4 Å². The lowest BCUT2D eigenvalue weighted by Gasteiger charge is -2.26. The third kappa shape index (κ3) is 3.61. The highest BCUT2D eigenvalue weighted by Gasteiger charge is 2.34. The zero-order chi connectivity index (χ0) is 13.7. The van der Waals surface area contributed by atoms with Crippen LogP contribution in [0.5, 0.6) is 0 Å². The standard InChI is InChI=1S/C13H17FN2O2S/c1-18-13(6-7-19-9-13)8-15-12(17)16-11-5-3-2-4-10(11)14/h2-5H,6-9H2,1H3,(H2,15,16,17). The van der Waals surface area contributed by atoms with Gasteiger partial charge in [0.05, 0.1) is 11.3 Å². The Morgan fingerprint density at radius 3 is 2.95 bits per heavy atom. The Bertz CT molecular complexity index is 450. The number of thioether (sulfide) groups is 1. The lowest BCUT2D eigenvalue weighted by molar-refractivity contribution is 0.0161. The van der Waals surface area contributed by atoms with Gasteiger partial charge >= 0.3 is 6.03 Å². The van der Waals surface area contributed by atoms with Gasteiger partial charge in [0.15, 0.2) is 0 Å². The molecule has 0 aliphatic carbocycles. The summed E-state index contributed by atoms with van der Waals surface area (Å²) in [5.41, 5.74) is -0.121. The molecule has 0 aromatic heterocycles. The van der Waals surface area contributed by atoms with E-state index in [0.29, 0.717) is 6.54 Å². The van der Waals surface area contributed by atoms with E-state index in [4.69, 9.17) is 4.74 Å². The third-order valence-electron chi connectivity index (χ3n) is 3.19. The zero-order valence-electron chi connectivity index (χ0n) is 10.7. The first-order valence-electron chi connectivity index (χ1n) is 6.07. The van der Waals surface area contributed by atoms with Gasteiger partial charge in [0.1, 0.15) is 5.82 Å². The largest absolute Gasteiger partial charge is 0.376 e. The number of halogens is 1. The molecular weight excluding hydrogens is 267 g/mol. The monoisotopic (exact) mass is 284 g/mol. The van der Waals surface area contributed by atoms with Crippen molar-refractivity contribution in [1.82, 2.24) is 5.32 Å². The van der Waals surface area contributed by atoms with Crippen LogP contribution in [-0.4, -0.2) is 36.8 Å². The molecule has 1 atom stereocenters. The van der Waals surface area contributed by atoms with Crippen LogP contribution in [-0.2, 0) is 4.74 Å². The van der Waals surface area contributed by atoms with Crippen molar-refractivity contribution in [2.45, 2.75) is 12.0 Å². The second-order valence-electron chi connectivity index (χ2n) is 4.48. The highest BCUT2D eigenvalue weighted by Crippen LogP contribution is 2.30. The Kier molecular flexibility index (Phi) is 4.66. The van der Waals surface area contributed by atoms with Crippen molar-refractivity contribution in [2.24, 2.45) is 0 Å². The number of methoxy groups -OCH3 is 1. The van der Waals surface area contributed by atoms with Gasteiger partial charge in [-0.05, 0) is 24.3 Å². The molecule has 6 heteroatoms. The second-order valence-corrected chi connectivity index (χ2v) is 5.58. The van der Waals surface area contributed by atoms with E-state index in [0.717, 1.165) is 17.9 Å². The van der Waals surface area contributed by atoms with Crippen molar-refractivity contribution in [2.75, 3.05) is 30.5 Å². The van der Waals surface area contributed by atoms with Gasteiger partial charge in [0.25, 0.3) is 0 Å². The van der Waals surface area contributed by atoms with E-state index in [1.54, 1.807) is 31.0 Å². The fraction of sp³-hybridized carbons (Fsp3) is 0.462. The van der Waals surface area contributed by atoms with Gasteiger partial charge in [-0.2, -0.15) is 11.8 Å². The molecule has 0 radical (unpaired) electrons. The average molecular weight is 284 g/mol. The maximum Gasteiger partial charge on any atom is 0.319 e. The molecule has 0 bridgehead atoms. The van der Waals surface area contributed by atoms with Crippen LogP contribution in [0.2, 0.25) is 0 Å². The van der Waals surface area contributed by atoms with Crippen LogP contribution in [0, 0.1) is 5.82 Å². The number of anilines is 1. The fourth-order valence-electron chi connectivity index (χ4n) is 1.93. The van der Waals surface area contributed by atoms with E-state index < -0.39 is 11.8 Å². The molecule has 1 aliphatic rings. The van der Waals surface area contributed by atoms with Crippen LogP contribution in [0.3, 0.4) is 0 Å². The molecule has 1 aliphatic heterocycles. The average Bonchev–Trinajstić information content (AvgIpc) is 2.89. The first-order valence-corrected chi connectivity index (χ1v) is 7.23. The lowest BCUT2D eigenvalue weighted by atomic mass is 10.0. The first-order chi connectivity index (χ1) is 9.15. The molecule has 104 valence electrons. The smallest absolute Gasteiger partial charge is 0.319 e. The van der Waals surface area contributed by atoms with Crippen molar-refractivity contribution in [3.05, 3.63) is 30.1 Å². The summed E-state index contributed by atoms with van der Waals surface area (Å²) in [5.74, 6) is 1.45. The number of nitrogens with one attached hydrogen (secondary N) is 2. The Labute approximate surface area is 116 Å². The summed E-state index contributed by atoms with van der Waals surface area (Å²) < 4.78 is 18.8. The predicted molar refractivity (Wildman–Crippen MR) is 75.1 cm³/mol. The quantitative estimate of drug-likeness (QED) is 0.893. The molecule has 0 spiro atoms. The molecule has 1 fully saturated rings. The predicted octanol–water partition coefficient (Wildman–Crippen LogP) is 2.47. The van der Waals surface area contributed by atoms with Crippen LogP contribution in [0.25, 0.3) is 0 Å². The Morgan fingerprint density at radius 2 is 2.32 bits per heavy atom. The van der Waals surface area contributed by atoms with E-state index in [1.807, 2.05) is 0 Å². The molecule has 1 aromatic carbocycles. The minimum atomic E-state index is -0.449. The molecule has 0 saturated carbocycles. The summed E-state index contributed by atoms with van der Waals surface area (Å²) >= 11 is 1.81. The number of benzene rings is 1. The van der Waals surface area contributed by atoms with Crippen molar-refractivity contribution >= 4 is 23.5 Å². The summed E-state index contributed by atoms with van der Waals surface area (Å²) in [6.07, 6.45) is 0.911. The first kappa shape index (κ1) is 14.1. The number of urea groups is 1. The Morgan fingerprint density at radius 1 is 1.53 bits per heavy atom. The maximum absolute atomic E-state index is 13.4. The van der Waals surface area contributed by atoms with Crippen LogP contribution in [0.4, 0.5) is 14.9 Å². The lowest BCUT2D eigenvalue weighted by Crippen LogP contribution is -2.45. The molecule has 2 rings (SSSR count). The van der Waals surface area contributed by atoms with Crippen LogP contribution in [0.1, 0.15) is 6.42 Å². The van der Waals surface area contributed by atoms with E-state index in [-0.39, 0.29) is 11.3 Å². The number of hydrogen-bond donors (Lipinski definition) is 2. The number of para-hydroxylation sites is 1. The van der Waals surface area contributed by atoms with Gasteiger partial charge in [-0.15, -0.1) is 0 Å². The summed E-state index contributed by atoms with van der Waals surface area (Å²) in [6.45, 7) is 0.427. The van der Waals surface area contributed by atoms with Crippen LogP contribution < -0.4 is 10.6 Å². The molecular formula is C13H17FN2O2S. The topological polar surface area (TPSA) is 50.4 Å². The summed E-state index contributed by atoms with van der Waals surface area (Å²) in [5, 5.41) is 5.23. The second kappa shape index (κ2) is 6.25. The fourth-order valence-corrected chi connectivity index (χ4v) is 3.33. The number of hydrogen-bond acceptors (Lipinski definition) is 3. The molecule has 4 nitrogen and oxygen atoms in total. The van der Waals surface area contributed by atoms with Gasteiger partial charge in [-0.3, -0.25) is 0 Å². The van der Waals surface area contributed by atoms with E-state index in [9.17, 15) is 9.18 Å². The van der Waals surface area contributed by atoms with Crippen LogP contribution in [0.15, 0.2) is 24.3 Å². The summed E-state index contributed by atoms with van der Waals surface area (Å²) in [6, 6.07) is 5.65. The molecule has 1 unspecified atom stereocenters. The molecule has 1 heterocycles. The van der Waals surface area contributed by atoms with Gasteiger partial charge in [0.2, 0.25) is 0 Å². The zero-order valence-corrected chi connectivity index (χ0v) is 11.6. The summed E-state index contributed by atoms with van der Waals surface area (Å²) in [4.78, 5) is 11.7. The van der Waals surface area contributed by atoms with E-state index in [2.05, 4.69) is 10.6 Å². The van der Waals surface area contributed by atoms with E-state index in [1.165, 1.54) is 12.1 Å². The van der Waals surface area contributed by atoms with Gasteiger partial charge in [-0.25, -0.2) is 9.18 Å². The van der Waals surface area contributed by atoms with Crippen molar-refractivity contribution < 1.29 is 13.9 Å². The molecule has 1 aromatic rings. The Balaban J connectivity index is 1.86. The van der Waals surface area contributed by atoms with Crippen molar-refractivity contribution in [1.29, 1.82) is 0 Å². The normalized spacial score (nSPS) is 22.2. The molecule has 19 heavy (non-hydrogen) atoms. The minimum absolute atomic E-state index is 0.173.